The number of aromatic nitrogens is 2. The first-order chi connectivity index (χ1) is 15.2. The molecule has 0 saturated carbocycles. The zero-order chi connectivity index (χ0) is 22.3. The number of alkyl halides is 3. The third-order valence-corrected chi connectivity index (χ3v) is 7.87. The van der Waals surface area contributed by atoms with Gasteiger partial charge in [-0.15, -0.1) is 0 Å². The van der Waals surface area contributed by atoms with Crippen molar-refractivity contribution in [2.75, 3.05) is 17.7 Å². The van der Waals surface area contributed by atoms with Gasteiger partial charge in [0, 0.05) is 17.8 Å². The number of ether oxygens (including phenoxy) is 3. The number of fused-ring (bicyclic) bond motifs is 5. The van der Waals surface area contributed by atoms with E-state index in [2.05, 4.69) is 9.97 Å². The van der Waals surface area contributed by atoms with Gasteiger partial charge in [0.15, 0.2) is 10.5 Å². The van der Waals surface area contributed by atoms with Crippen molar-refractivity contribution < 1.29 is 40.2 Å². The van der Waals surface area contributed by atoms with Gasteiger partial charge in [-0.1, -0.05) is 6.07 Å². The molecule has 13 heteroatoms. The van der Waals surface area contributed by atoms with Crippen LogP contribution in [-0.4, -0.2) is 31.8 Å². The first kappa shape index (κ1) is 19.2. The van der Waals surface area contributed by atoms with Crippen LogP contribution in [0.3, 0.4) is 0 Å². The van der Waals surface area contributed by atoms with Crippen molar-refractivity contribution in [3.8, 4) is 17.4 Å². The lowest BCUT2D eigenvalue weighted by Crippen LogP contribution is -2.42. The van der Waals surface area contributed by atoms with Crippen LogP contribution in [0.15, 0.2) is 40.9 Å². The standard InChI is InChI=1S/C19H12F3N3O6S/c20-19(21,22)14-4-3-10(31-14)7-25-16-11(2-1-5-23-16)18(32(25,26)27)8-28-12-6-13-17(24-15(12)18)30-9-29-13/h1-6H,7-9H2. The van der Waals surface area contributed by atoms with Crippen molar-refractivity contribution in [3.05, 3.63) is 59.3 Å². The molecule has 6 rings (SSSR count). The van der Waals surface area contributed by atoms with E-state index in [1.54, 1.807) is 12.1 Å². The largest absolute Gasteiger partial charge is 0.489 e. The van der Waals surface area contributed by atoms with E-state index in [0.717, 1.165) is 16.4 Å². The molecule has 0 bridgehead atoms. The number of rotatable bonds is 2. The minimum atomic E-state index is -4.69. The van der Waals surface area contributed by atoms with E-state index in [1.807, 2.05) is 0 Å². The van der Waals surface area contributed by atoms with Crippen molar-refractivity contribution in [3.63, 3.8) is 0 Å². The monoisotopic (exact) mass is 467 g/mol. The summed E-state index contributed by atoms with van der Waals surface area (Å²) in [5, 5.41) is 0. The molecule has 166 valence electrons. The van der Waals surface area contributed by atoms with E-state index in [9.17, 15) is 21.6 Å². The molecule has 3 aromatic heterocycles. The van der Waals surface area contributed by atoms with Gasteiger partial charge in [-0.05, 0) is 18.2 Å². The van der Waals surface area contributed by atoms with Crippen molar-refractivity contribution in [2.24, 2.45) is 0 Å². The van der Waals surface area contributed by atoms with Crippen LogP contribution in [0.1, 0.15) is 22.8 Å². The predicted molar refractivity (Wildman–Crippen MR) is 99.7 cm³/mol. The van der Waals surface area contributed by atoms with Crippen LogP contribution < -0.4 is 18.5 Å². The maximum Gasteiger partial charge on any atom is 0.449 e. The molecule has 0 aliphatic carbocycles. The molecular weight excluding hydrogens is 455 g/mol. The van der Waals surface area contributed by atoms with Crippen LogP contribution >= 0.6 is 0 Å². The van der Waals surface area contributed by atoms with E-state index >= 15 is 0 Å². The summed E-state index contributed by atoms with van der Waals surface area (Å²) in [6, 6.07) is 6.49. The number of halogens is 3. The highest BCUT2D eigenvalue weighted by atomic mass is 32.2. The summed E-state index contributed by atoms with van der Waals surface area (Å²) >= 11 is 0. The van der Waals surface area contributed by atoms with Crippen molar-refractivity contribution in [2.45, 2.75) is 17.5 Å². The Labute approximate surface area is 178 Å². The molecular formula is C19H12F3N3O6S. The minimum absolute atomic E-state index is 0.0602. The highest BCUT2D eigenvalue weighted by Gasteiger charge is 2.64. The van der Waals surface area contributed by atoms with Gasteiger partial charge in [0.05, 0.1) is 6.54 Å². The molecule has 0 saturated heterocycles. The zero-order valence-corrected chi connectivity index (χ0v) is 16.7. The van der Waals surface area contributed by atoms with E-state index in [1.165, 1.54) is 12.3 Å². The summed E-state index contributed by atoms with van der Waals surface area (Å²) in [6.45, 7) is -0.832. The maximum absolute atomic E-state index is 13.9. The predicted octanol–water partition coefficient (Wildman–Crippen LogP) is 2.80. The highest BCUT2D eigenvalue weighted by Crippen LogP contribution is 2.56. The number of furan rings is 1. The summed E-state index contributed by atoms with van der Waals surface area (Å²) in [5.74, 6) is -0.667. The summed E-state index contributed by atoms with van der Waals surface area (Å²) in [6.07, 6.45) is -3.29. The smallest absolute Gasteiger partial charge is 0.449 e. The van der Waals surface area contributed by atoms with E-state index in [-0.39, 0.29) is 42.3 Å². The van der Waals surface area contributed by atoms with Gasteiger partial charge in [0.2, 0.25) is 12.6 Å². The topological polar surface area (TPSA) is 104 Å². The average molecular weight is 467 g/mol. The number of pyridine rings is 2. The van der Waals surface area contributed by atoms with Crippen molar-refractivity contribution in [1.82, 2.24) is 9.97 Å². The van der Waals surface area contributed by atoms with E-state index in [0.29, 0.717) is 11.3 Å². The first-order valence-electron chi connectivity index (χ1n) is 9.29. The van der Waals surface area contributed by atoms with E-state index in [4.69, 9.17) is 18.6 Å². The second-order valence-corrected chi connectivity index (χ2v) is 9.40. The van der Waals surface area contributed by atoms with Crippen LogP contribution in [0.2, 0.25) is 0 Å². The molecule has 9 nitrogen and oxygen atoms in total. The lowest BCUT2D eigenvalue weighted by atomic mass is 9.96. The number of anilines is 1. The van der Waals surface area contributed by atoms with Gasteiger partial charge in [-0.3, -0.25) is 0 Å². The Balaban J connectivity index is 1.50. The van der Waals surface area contributed by atoms with Crippen LogP contribution in [0.25, 0.3) is 0 Å². The molecule has 0 amide bonds. The molecule has 0 aromatic carbocycles. The molecule has 1 unspecified atom stereocenters. The Bertz CT molecular complexity index is 1370. The Hall–Kier alpha value is -3.48. The number of sulfonamides is 1. The van der Waals surface area contributed by atoms with Gasteiger partial charge in [-0.25, -0.2) is 22.7 Å². The van der Waals surface area contributed by atoms with Crippen LogP contribution in [0, 0.1) is 0 Å². The molecule has 6 heterocycles. The molecule has 1 spiro atoms. The van der Waals surface area contributed by atoms with Gasteiger partial charge in [0.1, 0.15) is 29.6 Å². The third kappa shape index (κ3) is 2.36. The second-order valence-electron chi connectivity index (χ2n) is 7.31. The van der Waals surface area contributed by atoms with Crippen molar-refractivity contribution in [1.29, 1.82) is 0 Å². The van der Waals surface area contributed by atoms with E-state index < -0.39 is 33.3 Å². The Morgan fingerprint density at radius 2 is 1.97 bits per heavy atom. The number of hydrogen-bond donors (Lipinski definition) is 0. The molecule has 3 aromatic rings. The number of hydrogen-bond acceptors (Lipinski definition) is 8. The molecule has 32 heavy (non-hydrogen) atoms. The summed E-state index contributed by atoms with van der Waals surface area (Å²) in [5.41, 5.74) is 0.404. The average Bonchev–Trinajstić information content (AvgIpc) is 3.50. The third-order valence-electron chi connectivity index (χ3n) is 5.57. The van der Waals surface area contributed by atoms with Gasteiger partial charge in [0.25, 0.3) is 15.9 Å². The van der Waals surface area contributed by atoms with Crippen LogP contribution in [0.5, 0.6) is 17.4 Å². The molecule has 1 atom stereocenters. The van der Waals surface area contributed by atoms with Gasteiger partial charge >= 0.3 is 6.18 Å². The Morgan fingerprint density at radius 1 is 1.12 bits per heavy atom. The Morgan fingerprint density at radius 3 is 2.75 bits per heavy atom. The Kier molecular flexibility index (Phi) is 3.64. The minimum Gasteiger partial charge on any atom is -0.489 e. The quantitative estimate of drug-likeness (QED) is 0.567. The van der Waals surface area contributed by atoms with Gasteiger partial charge < -0.3 is 18.6 Å². The fourth-order valence-corrected chi connectivity index (χ4v) is 6.22. The molecule has 0 fully saturated rings. The fraction of sp³-hybridized carbons (Fsp3) is 0.263. The molecule has 3 aliphatic heterocycles. The normalized spacial score (nSPS) is 22.2. The van der Waals surface area contributed by atoms with Crippen LogP contribution in [-0.2, 0) is 27.5 Å². The lowest BCUT2D eigenvalue weighted by molar-refractivity contribution is -0.153. The highest BCUT2D eigenvalue weighted by molar-refractivity contribution is 7.94. The fourth-order valence-electron chi connectivity index (χ4n) is 4.13. The maximum atomic E-state index is 13.9. The second kappa shape index (κ2) is 6.06. The zero-order valence-electron chi connectivity index (χ0n) is 15.9. The van der Waals surface area contributed by atoms with Crippen LogP contribution in [0.4, 0.5) is 19.0 Å². The summed E-state index contributed by atoms with van der Waals surface area (Å²) < 4.78 is 86.9. The number of nitrogens with zero attached hydrogens (tertiary/aromatic N) is 3. The first-order valence-corrected chi connectivity index (χ1v) is 10.7. The molecule has 3 aliphatic rings. The van der Waals surface area contributed by atoms with Gasteiger partial charge in [-0.2, -0.15) is 13.2 Å². The molecule has 0 N–H and O–H groups in total. The SMILES string of the molecule is O=S1(=O)N(Cc2ccc(C(F)(F)F)o2)c2ncccc2C12COc1cc3c(nc12)OCO3. The lowest BCUT2D eigenvalue weighted by Gasteiger charge is -2.23. The summed E-state index contributed by atoms with van der Waals surface area (Å²) in [7, 11) is -4.30. The molecule has 0 radical (unpaired) electrons. The summed E-state index contributed by atoms with van der Waals surface area (Å²) in [4.78, 5) is 8.56. The van der Waals surface area contributed by atoms with Crippen molar-refractivity contribution >= 4 is 15.8 Å².